The summed E-state index contributed by atoms with van der Waals surface area (Å²) in [7, 11) is -3.90. The average molecular weight is 350 g/mol. The molecule has 0 aromatic heterocycles. The molecule has 128 valence electrons. The molecule has 1 atom stereocenters. The highest BCUT2D eigenvalue weighted by Gasteiger charge is 2.37. The summed E-state index contributed by atoms with van der Waals surface area (Å²) in [5.74, 6) is 0.524. The van der Waals surface area contributed by atoms with E-state index in [1.807, 2.05) is 6.92 Å². The van der Waals surface area contributed by atoms with Crippen LogP contribution in [0.15, 0.2) is 47.4 Å². The minimum absolute atomic E-state index is 0.0696. The largest absolute Gasteiger partial charge is 0.504 e. The highest BCUT2D eigenvalue weighted by atomic mass is 32.2. The molecule has 0 fully saturated rings. The van der Waals surface area contributed by atoms with Crippen molar-refractivity contribution in [2.75, 3.05) is 13.2 Å². The summed E-state index contributed by atoms with van der Waals surface area (Å²) in [6.45, 7) is 3.40. The van der Waals surface area contributed by atoms with Gasteiger partial charge in [0.2, 0.25) is 5.75 Å². The van der Waals surface area contributed by atoms with Gasteiger partial charge in [-0.3, -0.25) is 4.18 Å². The summed E-state index contributed by atoms with van der Waals surface area (Å²) in [4.78, 5) is 0.0803. The Hall–Kier alpha value is -2.25. The third-order valence-corrected chi connectivity index (χ3v) is 4.95. The number of aryl methyl sites for hydroxylation is 1. The van der Waals surface area contributed by atoms with Crippen molar-refractivity contribution in [2.24, 2.45) is 0 Å². The lowest BCUT2D eigenvalue weighted by molar-refractivity contribution is -0.0268. The predicted octanol–water partition coefficient (Wildman–Crippen LogP) is 2.64. The lowest BCUT2D eigenvalue weighted by Crippen LogP contribution is -2.46. The van der Waals surface area contributed by atoms with Gasteiger partial charge in [-0.05, 0) is 38.1 Å². The number of aromatic hydroxyl groups is 1. The van der Waals surface area contributed by atoms with Gasteiger partial charge < -0.3 is 14.6 Å². The molecule has 7 heteroatoms. The lowest BCUT2D eigenvalue weighted by Gasteiger charge is -2.35. The van der Waals surface area contributed by atoms with Crippen LogP contribution in [-0.2, 0) is 14.3 Å². The van der Waals surface area contributed by atoms with Crippen LogP contribution in [0.25, 0.3) is 0 Å². The van der Waals surface area contributed by atoms with Gasteiger partial charge in [0.25, 0.3) is 10.1 Å². The predicted molar refractivity (Wildman–Crippen MR) is 87.0 cm³/mol. The van der Waals surface area contributed by atoms with Gasteiger partial charge in [-0.2, -0.15) is 8.42 Å². The van der Waals surface area contributed by atoms with Crippen LogP contribution in [0.4, 0.5) is 0 Å². The number of ether oxygens (including phenoxy) is 2. The van der Waals surface area contributed by atoms with E-state index in [-0.39, 0.29) is 29.6 Å². The first-order valence-corrected chi connectivity index (χ1v) is 8.80. The zero-order valence-corrected chi connectivity index (χ0v) is 14.2. The van der Waals surface area contributed by atoms with Crippen molar-refractivity contribution in [3.05, 3.63) is 48.0 Å². The van der Waals surface area contributed by atoms with Gasteiger partial charge in [0.15, 0.2) is 17.1 Å². The summed E-state index contributed by atoms with van der Waals surface area (Å²) in [5.41, 5.74) is -0.0825. The van der Waals surface area contributed by atoms with Crippen LogP contribution in [0.3, 0.4) is 0 Å². The van der Waals surface area contributed by atoms with E-state index in [0.717, 1.165) is 5.56 Å². The first-order chi connectivity index (χ1) is 11.3. The van der Waals surface area contributed by atoms with E-state index in [2.05, 4.69) is 0 Å². The Balaban J connectivity index is 1.74. The fraction of sp³-hybridized carbons (Fsp3) is 0.294. The molecule has 0 saturated heterocycles. The van der Waals surface area contributed by atoms with Crippen LogP contribution in [0.2, 0.25) is 0 Å². The minimum Gasteiger partial charge on any atom is -0.504 e. The molecule has 0 bridgehead atoms. The minimum atomic E-state index is -3.90. The number of hydrogen-bond donors (Lipinski definition) is 1. The molecule has 0 radical (unpaired) electrons. The standard InChI is InChI=1S/C17H18O6S/c1-12-6-8-13(9-7-12)24(19,20)22-11-17(2)10-21-15-5-3-4-14(18)16(15)23-17/h3-9,18H,10-11H2,1-2H3/t17-/m1/s1. The Morgan fingerprint density at radius 1 is 1.21 bits per heavy atom. The van der Waals surface area contributed by atoms with E-state index in [4.69, 9.17) is 13.7 Å². The molecule has 0 saturated carbocycles. The highest BCUT2D eigenvalue weighted by Crippen LogP contribution is 2.42. The van der Waals surface area contributed by atoms with Crippen LogP contribution >= 0.6 is 0 Å². The van der Waals surface area contributed by atoms with Gasteiger partial charge in [0.1, 0.15) is 13.2 Å². The van der Waals surface area contributed by atoms with Crippen molar-refractivity contribution in [3.8, 4) is 17.2 Å². The molecule has 1 heterocycles. The number of benzene rings is 2. The SMILES string of the molecule is Cc1ccc(S(=O)(=O)OC[C@@]2(C)COc3cccc(O)c3O2)cc1. The van der Waals surface area contributed by atoms with Crippen LogP contribution < -0.4 is 9.47 Å². The summed E-state index contributed by atoms with van der Waals surface area (Å²) < 4.78 is 41.0. The molecular weight excluding hydrogens is 332 g/mol. The van der Waals surface area contributed by atoms with Crippen LogP contribution in [-0.4, -0.2) is 32.3 Å². The van der Waals surface area contributed by atoms with E-state index in [9.17, 15) is 13.5 Å². The second kappa shape index (κ2) is 5.99. The fourth-order valence-corrected chi connectivity index (χ4v) is 3.28. The van der Waals surface area contributed by atoms with E-state index in [1.54, 1.807) is 31.2 Å². The van der Waals surface area contributed by atoms with Crippen molar-refractivity contribution in [1.29, 1.82) is 0 Å². The molecule has 2 aromatic carbocycles. The Labute approximate surface area is 140 Å². The Bertz CT molecular complexity index is 844. The average Bonchev–Trinajstić information content (AvgIpc) is 2.55. The maximum absolute atomic E-state index is 12.3. The molecule has 6 nitrogen and oxygen atoms in total. The molecule has 0 aliphatic carbocycles. The number of rotatable bonds is 4. The zero-order valence-electron chi connectivity index (χ0n) is 13.4. The van der Waals surface area contributed by atoms with Gasteiger partial charge in [0.05, 0.1) is 4.90 Å². The Morgan fingerprint density at radius 3 is 2.62 bits per heavy atom. The number of para-hydroxylation sites is 1. The molecule has 1 N–H and O–H groups in total. The van der Waals surface area contributed by atoms with Crippen molar-refractivity contribution in [1.82, 2.24) is 0 Å². The second-order valence-electron chi connectivity index (χ2n) is 5.97. The van der Waals surface area contributed by atoms with E-state index in [1.165, 1.54) is 18.2 Å². The Morgan fingerprint density at radius 2 is 1.92 bits per heavy atom. The maximum Gasteiger partial charge on any atom is 0.297 e. The third kappa shape index (κ3) is 3.32. The zero-order chi connectivity index (χ0) is 17.4. The molecule has 0 spiro atoms. The second-order valence-corrected chi connectivity index (χ2v) is 7.59. The molecule has 0 unspecified atom stereocenters. The maximum atomic E-state index is 12.3. The number of fused-ring (bicyclic) bond motifs is 1. The normalized spacial score (nSPS) is 19.9. The topological polar surface area (TPSA) is 82.1 Å². The van der Waals surface area contributed by atoms with Crippen molar-refractivity contribution >= 4 is 10.1 Å². The van der Waals surface area contributed by atoms with Gasteiger partial charge >= 0.3 is 0 Å². The molecule has 1 aliphatic heterocycles. The summed E-state index contributed by atoms with van der Waals surface area (Å²) in [6, 6.07) is 11.2. The summed E-state index contributed by atoms with van der Waals surface area (Å²) >= 11 is 0. The molecular formula is C17H18O6S. The number of phenols is 1. The molecule has 0 amide bonds. The van der Waals surface area contributed by atoms with Crippen molar-refractivity contribution in [3.63, 3.8) is 0 Å². The van der Waals surface area contributed by atoms with Gasteiger partial charge in [-0.15, -0.1) is 0 Å². The molecule has 1 aliphatic rings. The van der Waals surface area contributed by atoms with Crippen molar-refractivity contribution < 1.29 is 27.2 Å². The van der Waals surface area contributed by atoms with Crippen LogP contribution in [0.5, 0.6) is 17.2 Å². The van der Waals surface area contributed by atoms with E-state index in [0.29, 0.717) is 5.75 Å². The smallest absolute Gasteiger partial charge is 0.297 e. The third-order valence-electron chi connectivity index (χ3n) is 3.67. The van der Waals surface area contributed by atoms with E-state index >= 15 is 0 Å². The monoisotopic (exact) mass is 350 g/mol. The lowest BCUT2D eigenvalue weighted by atomic mass is 10.1. The van der Waals surface area contributed by atoms with Gasteiger partial charge in [-0.25, -0.2) is 0 Å². The molecule has 2 aromatic rings. The molecule has 3 rings (SSSR count). The van der Waals surface area contributed by atoms with Crippen LogP contribution in [0, 0.1) is 6.92 Å². The Kier molecular flexibility index (Phi) is 4.15. The summed E-state index contributed by atoms with van der Waals surface area (Å²) in [6.07, 6.45) is 0. The van der Waals surface area contributed by atoms with Gasteiger partial charge in [-0.1, -0.05) is 23.8 Å². The van der Waals surface area contributed by atoms with Crippen LogP contribution in [0.1, 0.15) is 12.5 Å². The van der Waals surface area contributed by atoms with Gasteiger partial charge in [0, 0.05) is 0 Å². The highest BCUT2D eigenvalue weighted by molar-refractivity contribution is 7.86. The van der Waals surface area contributed by atoms with Crippen molar-refractivity contribution in [2.45, 2.75) is 24.3 Å². The first kappa shape index (κ1) is 16.6. The summed E-state index contributed by atoms with van der Waals surface area (Å²) in [5, 5.41) is 9.86. The van der Waals surface area contributed by atoms with E-state index < -0.39 is 15.7 Å². The fourth-order valence-electron chi connectivity index (χ4n) is 2.27. The first-order valence-electron chi connectivity index (χ1n) is 7.39. The molecule has 24 heavy (non-hydrogen) atoms. The quantitative estimate of drug-likeness (QED) is 0.854. The number of phenolic OH excluding ortho intramolecular Hbond substituents is 1. The number of hydrogen-bond acceptors (Lipinski definition) is 6.